The van der Waals surface area contributed by atoms with Gasteiger partial charge in [0.05, 0.1) is 5.52 Å². The van der Waals surface area contributed by atoms with E-state index in [0.29, 0.717) is 30.5 Å². The monoisotopic (exact) mass is 456 g/mol. The molecule has 2 amide bonds. The number of nitrogens with one attached hydrogen (secondary N) is 2. The largest absolute Gasteiger partial charge is 0.505 e. The normalized spacial score (nSPS) is 10.8. The zero-order valence-corrected chi connectivity index (χ0v) is 18.1. The molecule has 0 saturated carbocycles. The minimum atomic E-state index is -1.18. The summed E-state index contributed by atoms with van der Waals surface area (Å²) < 4.78 is 14.5. The van der Waals surface area contributed by atoms with Crippen molar-refractivity contribution in [3.63, 3.8) is 0 Å². The van der Waals surface area contributed by atoms with Crippen LogP contribution in [0.15, 0.2) is 41.3 Å². The summed E-state index contributed by atoms with van der Waals surface area (Å²) in [5.41, 5.74) is 0.862. The molecule has 9 nitrogen and oxygen atoms in total. The first-order valence-corrected chi connectivity index (χ1v) is 10.6. The number of carboxylic acid groups (broad SMARTS) is 1. The highest BCUT2D eigenvalue weighted by molar-refractivity contribution is 6.01. The van der Waals surface area contributed by atoms with Gasteiger partial charge in [-0.2, -0.15) is 0 Å². The summed E-state index contributed by atoms with van der Waals surface area (Å²) in [5, 5.41) is 24.3. The first-order valence-electron chi connectivity index (χ1n) is 10.6. The molecule has 1 aromatic carbocycles. The van der Waals surface area contributed by atoms with Crippen molar-refractivity contribution in [1.82, 2.24) is 20.2 Å². The van der Waals surface area contributed by atoms with E-state index in [9.17, 15) is 23.9 Å². The van der Waals surface area contributed by atoms with E-state index in [0.717, 1.165) is 5.56 Å². The second-order valence-electron chi connectivity index (χ2n) is 7.54. The SMILES string of the molecule is CCCNC(=O)c1c(O)c2ncc(Cc3ccc(F)cc3)cc2n(CCCNC(=O)O)c1=O. The van der Waals surface area contributed by atoms with Gasteiger partial charge >= 0.3 is 6.09 Å². The topological polar surface area (TPSA) is 134 Å². The fourth-order valence-corrected chi connectivity index (χ4v) is 3.47. The third kappa shape index (κ3) is 5.65. The van der Waals surface area contributed by atoms with Gasteiger partial charge in [0.15, 0.2) is 5.75 Å². The van der Waals surface area contributed by atoms with Crippen LogP contribution in [0.3, 0.4) is 0 Å². The lowest BCUT2D eigenvalue weighted by atomic mass is 10.1. The lowest BCUT2D eigenvalue weighted by Gasteiger charge is -2.15. The molecule has 0 radical (unpaired) electrons. The lowest BCUT2D eigenvalue weighted by Crippen LogP contribution is -2.34. The highest BCUT2D eigenvalue weighted by Gasteiger charge is 2.23. The van der Waals surface area contributed by atoms with Gasteiger partial charge in [-0.25, -0.2) is 9.18 Å². The van der Waals surface area contributed by atoms with Crippen molar-refractivity contribution in [2.75, 3.05) is 13.1 Å². The maximum Gasteiger partial charge on any atom is 0.404 e. The van der Waals surface area contributed by atoms with Gasteiger partial charge in [0, 0.05) is 25.8 Å². The Morgan fingerprint density at radius 1 is 1.12 bits per heavy atom. The summed E-state index contributed by atoms with van der Waals surface area (Å²) >= 11 is 0. The molecule has 0 saturated heterocycles. The minimum absolute atomic E-state index is 0.0882. The summed E-state index contributed by atoms with van der Waals surface area (Å²) in [6.07, 6.45) is 1.70. The van der Waals surface area contributed by atoms with Crippen LogP contribution in [-0.4, -0.2) is 44.9 Å². The van der Waals surface area contributed by atoms with Crippen molar-refractivity contribution >= 4 is 23.0 Å². The molecule has 0 aliphatic heterocycles. The second-order valence-corrected chi connectivity index (χ2v) is 7.54. The van der Waals surface area contributed by atoms with Gasteiger partial charge in [0.2, 0.25) is 0 Å². The van der Waals surface area contributed by atoms with Crippen LogP contribution in [0.4, 0.5) is 9.18 Å². The van der Waals surface area contributed by atoms with E-state index in [2.05, 4.69) is 15.6 Å². The van der Waals surface area contributed by atoms with Gasteiger partial charge in [-0.3, -0.25) is 14.6 Å². The molecule has 2 heterocycles. The van der Waals surface area contributed by atoms with Crippen LogP contribution in [0.5, 0.6) is 5.75 Å². The van der Waals surface area contributed by atoms with Gasteiger partial charge < -0.3 is 25.4 Å². The molecule has 3 rings (SSSR count). The van der Waals surface area contributed by atoms with E-state index < -0.39 is 28.9 Å². The highest BCUT2D eigenvalue weighted by Crippen LogP contribution is 2.26. The van der Waals surface area contributed by atoms with Crippen LogP contribution < -0.4 is 16.2 Å². The van der Waals surface area contributed by atoms with Crippen LogP contribution >= 0.6 is 0 Å². The zero-order chi connectivity index (χ0) is 24.0. The van der Waals surface area contributed by atoms with Crippen LogP contribution in [0, 0.1) is 5.82 Å². The van der Waals surface area contributed by atoms with E-state index in [-0.39, 0.29) is 30.8 Å². The van der Waals surface area contributed by atoms with Crippen molar-refractivity contribution < 1.29 is 24.2 Å². The number of carbonyl (C=O) groups is 2. The number of aromatic hydroxyl groups is 1. The molecule has 174 valence electrons. The molecule has 33 heavy (non-hydrogen) atoms. The van der Waals surface area contributed by atoms with E-state index in [1.807, 2.05) is 6.92 Å². The van der Waals surface area contributed by atoms with E-state index in [1.165, 1.54) is 22.9 Å². The van der Waals surface area contributed by atoms with Crippen LogP contribution in [0.2, 0.25) is 0 Å². The third-order valence-electron chi connectivity index (χ3n) is 5.05. The Hall–Kier alpha value is -3.95. The predicted molar refractivity (Wildman–Crippen MR) is 120 cm³/mol. The number of fused-ring (bicyclic) bond motifs is 1. The Morgan fingerprint density at radius 3 is 2.52 bits per heavy atom. The van der Waals surface area contributed by atoms with Gasteiger partial charge in [-0.05, 0) is 48.6 Å². The first-order chi connectivity index (χ1) is 15.8. The van der Waals surface area contributed by atoms with E-state index in [1.54, 1.807) is 18.2 Å². The van der Waals surface area contributed by atoms with E-state index >= 15 is 0 Å². The van der Waals surface area contributed by atoms with Crippen LogP contribution in [-0.2, 0) is 13.0 Å². The molecule has 0 fully saturated rings. The molecule has 0 bridgehead atoms. The van der Waals surface area contributed by atoms with Crippen molar-refractivity contribution in [2.45, 2.75) is 32.7 Å². The number of benzene rings is 1. The van der Waals surface area contributed by atoms with Crippen LogP contribution in [0.25, 0.3) is 11.0 Å². The summed E-state index contributed by atoms with van der Waals surface area (Å²) in [7, 11) is 0. The summed E-state index contributed by atoms with van der Waals surface area (Å²) in [6.45, 7) is 2.40. The molecule has 0 aliphatic carbocycles. The number of pyridine rings is 2. The average Bonchev–Trinajstić information content (AvgIpc) is 2.78. The number of rotatable bonds is 9. The first kappa shape index (κ1) is 23.7. The van der Waals surface area contributed by atoms with Gasteiger partial charge in [0.1, 0.15) is 16.9 Å². The molecule has 0 atom stereocenters. The van der Waals surface area contributed by atoms with Gasteiger partial charge in [-0.15, -0.1) is 0 Å². The molecule has 2 aromatic heterocycles. The number of aryl methyl sites for hydroxylation is 1. The maximum atomic E-state index is 13.2. The summed E-state index contributed by atoms with van der Waals surface area (Å²) in [4.78, 5) is 40.8. The Bertz CT molecular complexity index is 1220. The van der Waals surface area contributed by atoms with Crippen molar-refractivity contribution in [1.29, 1.82) is 0 Å². The molecular weight excluding hydrogens is 431 g/mol. The van der Waals surface area contributed by atoms with Crippen molar-refractivity contribution in [3.05, 3.63) is 69.4 Å². The Morgan fingerprint density at radius 2 is 1.85 bits per heavy atom. The number of amides is 2. The molecule has 10 heteroatoms. The number of aromatic nitrogens is 2. The number of hydrogen-bond donors (Lipinski definition) is 4. The molecule has 4 N–H and O–H groups in total. The predicted octanol–water partition coefficient (Wildman–Crippen LogP) is 2.63. The van der Waals surface area contributed by atoms with Gasteiger partial charge in [0.25, 0.3) is 11.5 Å². The fraction of sp³-hybridized carbons (Fsp3) is 0.304. The molecule has 0 aliphatic rings. The quantitative estimate of drug-likeness (QED) is 0.366. The summed E-state index contributed by atoms with van der Waals surface area (Å²) in [6, 6.07) is 7.67. The van der Waals surface area contributed by atoms with Crippen molar-refractivity contribution in [3.8, 4) is 5.75 Å². The number of halogens is 1. The maximum absolute atomic E-state index is 13.2. The highest BCUT2D eigenvalue weighted by atomic mass is 19.1. The number of carbonyl (C=O) groups excluding carboxylic acids is 1. The number of nitrogens with zero attached hydrogens (tertiary/aromatic N) is 2. The summed E-state index contributed by atoms with van der Waals surface area (Å²) in [5.74, 6) is -1.55. The Balaban J connectivity index is 2.06. The average molecular weight is 456 g/mol. The molecular formula is C23H25FN4O5. The second kappa shape index (κ2) is 10.6. The Kier molecular flexibility index (Phi) is 7.60. The number of hydrogen-bond acceptors (Lipinski definition) is 5. The Labute approximate surface area is 188 Å². The van der Waals surface area contributed by atoms with Crippen LogP contribution in [0.1, 0.15) is 41.3 Å². The zero-order valence-electron chi connectivity index (χ0n) is 18.1. The van der Waals surface area contributed by atoms with Gasteiger partial charge in [-0.1, -0.05) is 19.1 Å². The molecule has 0 spiro atoms. The smallest absolute Gasteiger partial charge is 0.404 e. The third-order valence-corrected chi connectivity index (χ3v) is 5.05. The standard InChI is InChI=1S/C23H25FN4O5/c1-2-8-25-21(30)18-20(29)19-17(28(22(18)31)10-3-9-26-23(32)33)12-15(13-27-19)11-14-4-6-16(24)7-5-14/h4-7,12-13,26,29H,2-3,8-11H2,1H3,(H,25,30)(H,32,33). The molecule has 3 aromatic rings. The van der Waals surface area contributed by atoms with Crippen molar-refractivity contribution in [2.24, 2.45) is 0 Å². The molecule has 0 unspecified atom stereocenters. The lowest BCUT2D eigenvalue weighted by molar-refractivity contribution is 0.0949. The minimum Gasteiger partial charge on any atom is -0.505 e. The fourth-order valence-electron chi connectivity index (χ4n) is 3.47. The van der Waals surface area contributed by atoms with E-state index in [4.69, 9.17) is 5.11 Å².